The minimum atomic E-state index is -4.05. The Kier molecular flexibility index (Phi) is 10.6. The average Bonchev–Trinajstić information content (AvgIpc) is 3.00. The first kappa shape index (κ1) is 33.3. The molecule has 2 aromatic rings. The van der Waals surface area contributed by atoms with Crippen LogP contribution in [0.5, 0.6) is 11.5 Å². The van der Waals surface area contributed by atoms with Crippen molar-refractivity contribution in [2.45, 2.75) is 75.6 Å². The standard InChI is InChI=1S/C31H44N4O8S/c1-31(2,3)43-30(38)34-15-17-35(18-16-34)44(39,40)27-8-6-7-24(28(27)33-22-10-12-23(36)13-11-22)29(37)32-20-21-9-14-25(41-4)26(19-21)42-5/h6-9,14,19,22-23,33,36H,10-13,15-18,20H2,1-5H3,(H,32,37). The summed E-state index contributed by atoms with van der Waals surface area (Å²) in [6.07, 6.45) is 1.57. The second-order valence-corrected chi connectivity index (χ2v) is 14.0. The number of methoxy groups -OCH3 is 2. The van der Waals surface area contributed by atoms with E-state index in [4.69, 9.17) is 14.2 Å². The molecule has 13 heteroatoms. The van der Waals surface area contributed by atoms with E-state index in [0.29, 0.717) is 37.2 Å². The molecule has 242 valence electrons. The van der Waals surface area contributed by atoms with E-state index in [1.54, 1.807) is 52.1 Å². The van der Waals surface area contributed by atoms with E-state index in [1.165, 1.54) is 22.4 Å². The second-order valence-electron chi connectivity index (χ2n) is 12.1. The molecule has 0 spiro atoms. The van der Waals surface area contributed by atoms with Crippen LogP contribution in [0.3, 0.4) is 0 Å². The molecule has 0 radical (unpaired) electrons. The average molecular weight is 633 g/mol. The molecule has 2 amide bonds. The highest BCUT2D eigenvalue weighted by Crippen LogP contribution is 2.33. The zero-order chi connectivity index (χ0) is 32.1. The number of nitrogens with zero attached hydrogens (tertiary/aromatic N) is 2. The fourth-order valence-corrected chi connectivity index (χ4v) is 6.95. The fraction of sp³-hybridized carbons (Fsp3) is 0.548. The van der Waals surface area contributed by atoms with Gasteiger partial charge < -0.3 is 34.9 Å². The van der Waals surface area contributed by atoms with Gasteiger partial charge in [0.15, 0.2) is 11.5 Å². The number of aliphatic hydroxyl groups excluding tert-OH is 1. The molecule has 12 nitrogen and oxygen atoms in total. The summed E-state index contributed by atoms with van der Waals surface area (Å²) < 4.78 is 45.5. The van der Waals surface area contributed by atoms with E-state index in [-0.39, 0.29) is 54.9 Å². The second kappa shape index (κ2) is 14.0. The topological polar surface area (TPSA) is 147 Å². The summed E-state index contributed by atoms with van der Waals surface area (Å²) in [4.78, 5) is 27.6. The molecule has 2 fully saturated rings. The largest absolute Gasteiger partial charge is 0.493 e. The first-order valence-electron chi connectivity index (χ1n) is 14.9. The number of sulfonamides is 1. The third-order valence-electron chi connectivity index (χ3n) is 7.73. The molecule has 3 N–H and O–H groups in total. The van der Waals surface area contributed by atoms with E-state index >= 15 is 0 Å². The highest BCUT2D eigenvalue weighted by Gasteiger charge is 2.35. The Labute approximate surface area is 259 Å². The number of ether oxygens (including phenoxy) is 3. The Morgan fingerprint density at radius 1 is 0.955 bits per heavy atom. The van der Waals surface area contributed by atoms with Gasteiger partial charge in [0.2, 0.25) is 10.0 Å². The van der Waals surface area contributed by atoms with Crippen molar-refractivity contribution in [3.05, 3.63) is 47.5 Å². The first-order chi connectivity index (χ1) is 20.8. The summed E-state index contributed by atoms with van der Waals surface area (Å²) in [6.45, 7) is 6.07. The summed E-state index contributed by atoms with van der Waals surface area (Å²) in [5.41, 5.74) is 0.549. The number of amides is 2. The maximum atomic E-state index is 14.0. The monoisotopic (exact) mass is 632 g/mol. The summed E-state index contributed by atoms with van der Waals surface area (Å²) in [6, 6.07) is 9.88. The van der Waals surface area contributed by atoms with Gasteiger partial charge in [0.25, 0.3) is 5.91 Å². The molecule has 0 aromatic heterocycles. The lowest BCUT2D eigenvalue weighted by Crippen LogP contribution is -2.51. The zero-order valence-corrected chi connectivity index (χ0v) is 26.9. The van der Waals surface area contributed by atoms with E-state index in [9.17, 15) is 23.1 Å². The molecule has 1 heterocycles. The molecule has 2 aromatic carbocycles. The van der Waals surface area contributed by atoms with Gasteiger partial charge in [-0.05, 0) is 76.3 Å². The highest BCUT2D eigenvalue weighted by atomic mass is 32.2. The molecule has 1 aliphatic heterocycles. The van der Waals surface area contributed by atoms with Crippen molar-refractivity contribution in [2.75, 3.05) is 45.7 Å². The number of hydrogen-bond donors (Lipinski definition) is 3. The van der Waals surface area contributed by atoms with E-state index in [0.717, 1.165) is 5.56 Å². The Hall–Kier alpha value is -3.55. The quantitative estimate of drug-likeness (QED) is 0.377. The van der Waals surface area contributed by atoms with Crippen molar-refractivity contribution >= 4 is 27.7 Å². The van der Waals surface area contributed by atoms with Crippen molar-refractivity contribution in [1.29, 1.82) is 0 Å². The van der Waals surface area contributed by atoms with Gasteiger partial charge >= 0.3 is 6.09 Å². The van der Waals surface area contributed by atoms with Crippen molar-refractivity contribution in [3.63, 3.8) is 0 Å². The van der Waals surface area contributed by atoms with Crippen LogP contribution in [0.1, 0.15) is 62.4 Å². The van der Waals surface area contributed by atoms with Gasteiger partial charge in [-0.2, -0.15) is 4.31 Å². The first-order valence-corrected chi connectivity index (χ1v) is 16.3. The van der Waals surface area contributed by atoms with Crippen molar-refractivity contribution in [2.24, 2.45) is 0 Å². The maximum Gasteiger partial charge on any atom is 0.410 e. The number of hydrogen-bond acceptors (Lipinski definition) is 9. The number of piperazine rings is 1. The van der Waals surface area contributed by atoms with Crippen LogP contribution in [0.25, 0.3) is 0 Å². The van der Waals surface area contributed by atoms with Gasteiger partial charge in [-0.25, -0.2) is 13.2 Å². The minimum absolute atomic E-state index is 0.00638. The summed E-state index contributed by atoms with van der Waals surface area (Å²) in [5, 5.41) is 16.3. The van der Waals surface area contributed by atoms with Crippen LogP contribution in [0.4, 0.5) is 10.5 Å². The molecule has 4 rings (SSSR count). The molecular formula is C31H44N4O8S. The van der Waals surface area contributed by atoms with Crippen LogP contribution in [0.2, 0.25) is 0 Å². The predicted molar refractivity (Wildman–Crippen MR) is 166 cm³/mol. The third kappa shape index (κ3) is 8.13. The number of carbonyl (C=O) groups excluding carboxylic acids is 2. The van der Waals surface area contributed by atoms with Crippen molar-refractivity contribution < 1.29 is 37.3 Å². The van der Waals surface area contributed by atoms with Crippen molar-refractivity contribution in [1.82, 2.24) is 14.5 Å². The Morgan fingerprint density at radius 3 is 2.23 bits per heavy atom. The third-order valence-corrected chi connectivity index (χ3v) is 9.67. The molecule has 1 saturated heterocycles. The lowest BCUT2D eigenvalue weighted by Gasteiger charge is -2.35. The summed E-state index contributed by atoms with van der Waals surface area (Å²) >= 11 is 0. The van der Waals surface area contributed by atoms with Gasteiger partial charge in [-0.15, -0.1) is 0 Å². The SMILES string of the molecule is COc1ccc(CNC(=O)c2cccc(S(=O)(=O)N3CCN(C(=O)OC(C)(C)C)CC3)c2NC2CCC(O)CC2)cc1OC. The Balaban J connectivity index is 1.58. The number of para-hydroxylation sites is 1. The van der Waals surface area contributed by atoms with Gasteiger partial charge in [-0.1, -0.05) is 12.1 Å². The smallest absolute Gasteiger partial charge is 0.410 e. The van der Waals surface area contributed by atoms with Gasteiger partial charge in [-0.3, -0.25) is 4.79 Å². The number of benzene rings is 2. The molecule has 1 aliphatic carbocycles. The molecule has 2 aliphatic rings. The van der Waals surface area contributed by atoms with Crippen LogP contribution in [-0.2, 0) is 21.3 Å². The highest BCUT2D eigenvalue weighted by molar-refractivity contribution is 7.89. The molecule has 1 saturated carbocycles. The lowest BCUT2D eigenvalue weighted by atomic mass is 9.92. The number of nitrogens with one attached hydrogen (secondary N) is 2. The number of carbonyl (C=O) groups is 2. The lowest BCUT2D eigenvalue weighted by molar-refractivity contribution is 0.0192. The Morgan fingerprint density at radius 2 is 1.61 bits per heavy atom. The van der Waals surface area contributed by atoms with Crippen molar-refractivity contribution in [3.8, 4) is 11.5 Å². The van der Waals surface area contributed by atoms with E-state index < -0.39 is 33.7 Å². The molecular weight excluding hydrogens is 588 g/mol. The number of aliphatic hydroxyl groups is 1. The summed E-state index contributed by atoms with van der Waals surface area (Å²) in [5.74, 6) is 0.655. The predicted octanol–water partition coefficient (Wildman–Crippen LogP) is 3.59. The summed E-state index contributed by atoms with van der Waals surface area (Å²) in [7, 11) is -0.968. The number of rotatable bonds is 9. The van der Waals surface area contributed by atoms with Crippen LogP contribution >= 0.6 is 0 Å². The molecule has 0 unspecified atom stereocenters. The molecule has 0 atom stereocenters. The molecule has 0 bridgehead atoms. The van der Waals surface area contributed by atoms with Gasteiger partial charge in [0.05, 0.1) is 31.6 Å². The van der Waals surface area contributed by atoms with Gasteiger partial charge in [0.1, 0.15) is 10.5 Å². The van der Waals surface area contributed by atoms with Gasteiger partial charge in [0, 0.05) is 38.8 Å². The van der Waals surface area contributed by atoms with Crippen LogP contribution in [0.15, 0.2) is 41.3 Å². The van der Waals surface area contributed by atoms with E-state index in [2.05, 4.69) is 10.6 Å². The van der Waals surface area contributed by atoms with E-state index in [1.807, 2.05) is 6.07 Å². The number of anilines is 1. The minimum Gasteiger partial charge on any atom is -0.493 e. The van der Waals surface area contributed by atoms with Crippen LogP contribution in [-0.4, -0.2) is 92.9 Å². The van der Waals surface area contributed by atoms with Crippen LogP contribution < -0.4 is 20.1 Å². The zero-order valence-electron chi connectivity index (χ0n) is 26.1. The fourth-order valence-electron chi connectivity index (χ4n) is 5.35. The van der Waals surface area contributed by atoms with Crippen LogP contribution in [0, 0.1) is 0 Å². The normalized spacial score (nSPS) is 19.6. The maximum absolute atomic E-state index is 14.0. The molecule has 44 heavy (non-hydrogen) atoms. The Bertz CT molecular complexity index is 1430.